The number of rotatable bonds is 4. The number of fused-ring (bicyclic) bond motifs is 14. The Bertz CT molecular complexity index is 5410. The molecule has 14 heteroatoms. The van der Waals surface area contributed by atoms with Crippen molar-refractivity contribution in [2.24, 2.45) is 0 Å². The third-order valence-electron chi connectivity index (χ3n) is 32.9. The minimum Gasteiger partial charge on any atom is -0.508 e. The molecule has 14 nitrogen and oxygen atoms in total. The number of hydrogen-bond acceptors (Lipinski definition) is 12. The van der Waals surface area contributed by atoms with E-state index >= 15 is 0 Å². The predicted molar refractivity (Wildman–Crippen MR) is 545 cm³/mol. The predicted octanol–water partition coefficient (Wildman–Crippen LogP) is 30.0. The third-order valence-corrected chi connectivity index (χ3v) is 32.9. The van der Waals surface area contributed by atoms with Crippen molar-refractivity contribution < 1.29 is 29.2 Å². The van der Waals surface area contributed by atoms with Crippen LogP contribution in [0.15, 0.2) is 117 Å². The van der Waals surface area contributed by atoms with E-state index in [0.29, 0.717) is 62.1 Å². The van der Waals surface area contributed by atoms with Gasteiger partial charge >= 0.3 is 0 Å². The van der Waals surface area contributed by atoms with Gasteiger partial charge in [0.25, 0.3) is 0 Å². The number of ketones is 1. The summed E-state index contributed by atoms with van der Waals surface area (Å²) in [5.74, 6) is 7.65. The monoisotopic (exact) mass is 1760 g/mol. The number of nitrogens with zero attached hydrogens (tertiary/aromatic N) is 5. The molecule has 4 atom stereocenters. The number of aromatic hydroxyl groups is 1. The Labute approximate surface area is 782 Å². The Balaban J connectivity index is 0.000000138. The Hall–Kier alpha value is -9.27. The van der Waals surface area contributed by atoms with Crippen LogP contribution < -0.4 is 25.7 Å². The van der Waals surface area contributed by atoms with Crippen LogP contribution in [0.2, 0.25) is 0 Å². The van der Waals surface area contributed by atoms with Crippen molar-refractivity contribution in [1.82, 2.24) is 29.5 Å². The van der Waals surface area contributed by atoms with Crippen molar-refractivity contribution in [1.29, 1.82) is 0 Å². The van der Waals surface area contributed by atoms with Crippen LogP contribution in [-0.2, 0) is 32.5 Å². The molecule has 0 amide bonds. The molecule has 7 N–H and O–H groups in total. The second-order valence-electron chi connectivity index (χ2n) is 41.5. The average molecular weight is 1760 g/mol. The summed E-state index contributed by atoms with van der Waals surface area (Å²) in [5, 5.41) is 19.2. The van der Waals surface area contributed by atoms with Crippen LogP contribution in [0.1, 0.15) is 422 Å². The molecule has 12 aliphatic rings. The second kappa shape index (κ2) is 41.9. The average Bonchev–Trinajstić information content (AvgIpc) is 1.71. The van der Waals surface area contributed by atoms with E-state index in [0.717, 1.165) is 75.1 Å². The minimum atomic E-state index is 0. The van der Waals surface area contributed by atoms with E-state index in [9.17, 15) is 9.90 Å². The van der Waals surface area contributed by atoms with E-state index in [4.69, 9.17) is 30.8 Å². The highest BCUT2D eigenvalue weighted by atomic mass is 16.5. The number of nitrogens with two attached hydrogens (primary N) is 2. The number of Topliss-reactive ketones (excluding diaryl/α,β-unsaturated/α-hetero) is 1. The van der Waals surface area contributed by atoms with Gasteiger partial charge in [0.15, 0.2) is 5.78 Å². The van der Waals surface area contributed by atoms with Crippen molar-refractivity contribution in [2.75, 3.05) is 39.4 Å². The van der Waals surface area contributed by atoms with Gasteiger partial charge in [-0.3, -0.25) is 4.79 Å². The summed E-state index contributed by atoms with van der Waals surface area (Å²) in [5.41, 5.74) is 45.7. The maximum absolute atomic E-state index is 12.3. The third kappa shape index (κ3) is 19.6. The highest BCUT2D eigenvalue weighted by Gasteiger charge is 2.50. The molecule has 6 aromatic carbocycles. The Kier molecular flexibility index (Phi) is 32.1. The SMILES string of the molecule is C.C.C.C=C1CC2(CCCCC2)c2cc(OC)cc(C)c21.CCO.COc1cc(C)c2c(c1)C1(CCCCC1)CC2=O.COc1cc(C)c2c(c1)C1(CCCCC1)CC2C.Cc1cc(-n2ccc3c(N)ncnc32)cc2c1C(C)CC21CCCCC1.Cc1cc(C)c2c(c1)C1(CCCCC1)CC2C.Cc1cc(O)cc2c1C(C)CC21CCCCC1.Nc1ncnc2[nH]ccc12. The number of allylic oxidation sites excluding steroid dienone is 1. The van der Waals surface area contributed by atoms with Crippen molar-refractivity contribution in [3.05, 3.63) is 222 Å². The van der Waals surface area contributed by atoms with Crippen LogP contribution in [0.4, 0.5) is 11.6 Å². The molecule has 0 radical (unpaired) electrons. The van der Waals surface area contributed by atoms with Crippen molar-refractivity contribution >= 4 is 45.1 Å². The number of anilines is 2. The van der Waals surface area contributed by atoms with Gasteiger partial charge in [-0.05, 0) is 383 Å². The van der Waals surface area contributed by atoms with E-state index in [1.54, 1.807) is 74.2 Å². The Morgan fingerprint density at radius 2 is 0.777 bits per heavy atom. The molecule has 4 aromatic heterocycles. The lowest BCUT2D eigenvalue weighted by Crippen LogP contribution is -2.26. The number of nitrogens with one attached hydrogen (secondary N) is 1. The van der Waals surface area contributed by atoms with Crippen LogP contribution in [-0.4, -0.2) is 73.4 Å². The van der Waals surface area contributed by atoms with Crippen molar-refractivity contribution in [2.45, 2.75) is 393 Å². The minimum absolute atomic E-state index is 0. The molecule has 6 fully saturated rings. The number of hydrogen-bond donors (Lipinski definition) is 5. The lowest BCUT2D eigenvalue weighted by Gasteiger charge is -2.35. The fourth-order valence-electron chi connectivity index (χ4n) is 27.9. The molecule has 4 heterocycles. The molecular formula is C116H162N8O6. The molecule has 10 aromatic rings. The van der Waals surface area contributed by atoms with Gasteiger partial charge in [-0.2, -0.15) is 0 Å². The number of aromatic amines is 1. The summed E-state index contributed by atoms with van der Waals surface area (Å²) >= 11 is 0. The highest BCUT2D eigenvalue weighted by molar-refractivity contribution is 6.04. The number of ether oxygens (including phenoxy) is 3. The smallest absolute Gasteiger partial charge is 0.164 e. The largest absolute Gasteiger partial charge is 0.508 e. The van der Waals surface area contributed by atoms with Gasteiger partial charge in [-0.1, -0.05) is 190 Å². The summed E-state index contributed by atoms with van der Waals surface area (Å²) in [6, 6.07) is 30.5. The molecule has 12 aliphatic carbocycles. The number of aryl methyl sites for hydroxylation is 7. The van der Waals surface area contributed by atoms with Crippen LogP contribution in [0.25, 0.3) is 33.3 Å². The number of aromatic nitrogens is 6. The topological polar surface area (TPSA) is 210 Å². The molecular weight excluding hydrogens is 1600 g/mol. The zero-order valence-electron chi connectivity index (χ0n) is 80.0. The van der Waals surface area contributed by atoms with Gasteiger partial charge in [0.2, 0.25) is 0 Å². The molecule has 702 valence electrons. The van der Waals surface area contributed by atoms with E-state index in [1.165, 1.54) is 297 Å². The van der Waals surface area contributed by atoms with Crippen LogP contribution in [0, 0.1) is 48.5 Å². The van der Waals surface area contributed by atoms with E-state index < -0.39 is 0 Å². The maximum Gasteiger partial charge on any atom is 0.164 e. The second-order valence-corrected chi connectivity index (χ2v) is 41.5. The highest BCUT2D eigenvalue weighted by Crippen LogP contribution is 2.61. The zero-order valence-corrected chi connectivity index (χ0v) is 80.0. The van der Waals surface area contributed by atoms with Crippen molar-refractivity contribution in [3.63, 3.8) is 0 Å². The van der Waals surface area contributed by atoms with Gasteiger partial charge < -0.3 is 45.4 Å². The Morgan fingerprint density at radius 1 is 0.423 bits per heavy atom. The molecule has 0 saturated heterocycles. The molecule has 4 unspecified atom stereocenters. The van der Waals surface area contributed by atoms with Gasteiger partial charge in [-0.25, -0.2) is 19.9 Å². The number of nitrogen functional groups attached to an aromatic ring is 2. The number of aliphatic hydroxyl groups is 1. The number of aliphatic hydroxyl groups excluding tert-OH is 1. The molecule has 6 spiro atoms. The first-order valence-corrected chi connectivity index (χ1v) is 49.2. The number of H-pyrrole nitrogens is 1. The van der Waals surface area contributed by atoms with Gasteiger partial charge in [0, 0.05) is 47.5 Å². The molecule has 22 rings (SSSR count). The summed E-state index contributed by atoms with van der Waals surface area (Å²) in [7, 11) is 5.25. The first-order valence-electron chi connectivity index (χ1n) is 49.2. The maximum atomic E-state index is 12.3. The normalized spacial score (nSPS) is 21.4. The van der Waals surface area contributed by atoms with Gasteiger partial charge in [0.1, 0.15) is 58.6 Å². The number of methoxy groups -OCH3 is 3. The van der Waals surface area contributed by atoms with Crippen LogP contribution in [0.3, 0.4) is 0 Å². The quantitative estimate of drug-likeness (QED) is 0.111. The Morgan fingerprint density at radius 3 is 1.22 bits per heavy atom. The van der Waals surface area contributed by atoms with Crippen molar-refractivity contribution in [3.8, 4) is 28.7 Å². The van der Waals surface area contributed by atoms with Gasteiger partial charge in [-0.15, -0.1) is 0 Å². The number of carbonyl (C=O) groups excluding carboxylic acids is 1. The number of phenolic OH excluding ortho intramolecular Hbond substituents is 1. The van der Waals surface area contributed by atoms with E-state index in [1.807, 2.05) is 31.2 Å². The van der Waals surface area contributed by atoms with E-state index in [2.05, 4.69) is 172 Å². The van der Waals surface area contributed by atoms with Crippen LogP contribution >= 0.6 is 0 Å². The summed E-state index contributed by atoms with van der Waals surface area (Å²) in [6.45, 7) is 31.3. The summed E-state index contributed by atoms with van der Waals surface area (Å²) in [6.07, 6.45) is 54.8. The lowest BCUT2D eigenvalue weighted by molar-refractivity contribution is 0.0961. The van der Waals surface area contributed by atoms with Crippen LogP contribution in [0.5, 0.6) is 23.0 Å². The fourth-order valence-corrected chi connectivity index (χ4v) is 27.9. The molecule has 0 aliphatic heterocycles. The molecule has 130 heavy (non-hydrogen) atoms. The summed E-state index contributed by atoms with van der Waals surface area (Å²) < 4.78 is 18.5. The van der Waals surface area contributed by atoms with E-state index in [-0.39, 0.29) is 34.3 Å². The molecule has 0 bridgehead atoms. The zero-order chi connectivity index (χ0) is 89.9. The number of carbonyl (C=O) groups is 1. The number of phenols is 1. The summed E-state index contributed by atoms with van der Waals surface area (Å²) in [4.78, 5) is 31.6. The number of benzene rings is 6. The lowest BCUT2D eigenvalue weighted by atomic mass is 9.69. The molecule has 6 saturated carbocycles. The standard InChI is InChI=1S/C22H26N4.C17H24O.C17H22O.C17H24.C16H20O2.C16H22O.C6H6N4.C2H6O.3CH4/c1-14-10-16(26-9-6-17-20(23)24-13-25-21(17)26)11-18-19(14)15(2)12-22(18)7-4-3-5-8-22;2*1-12-9-14(18-3)10-15-16(12)13(2)11-17(15)7-5-4-6-8-17;1-12-9-13(2)16-14(3)11-17(15(16)10-12)7-5-4-6-8-17;1-11-8-12(18-2)9-13-15(11)14(17)10-16(13)6-4-3-5-7-16;1-11-8-13(17)9-14-15(11)12(2)10-16(14)6-4-3-5-7-16;7-5-4-1-2-8-6(4)10-3-9-5;1-2-3;;;/h6,9-11,13,15H,3-5,7-8,12H2,1-2H3,(H2,23,24,25);9-10,13H,4-8,11H2,1-3H3;9-10H,2,4-8,11H2,1,3H3;9-10,14H,4-8,11H2,1-3H3;8-9H,3-7,10H2,1-2H3;8-9,12,17H,3-7,10H2,1-2H3;1-3H,(H3,7,8,9,10);3H,2H2,1H3;3*1H4. The first-order chi connectivity index (χ1) is 61.1. The van der Waals surface area contributed by atoms with Gasteiger partial charge in [0.05, 0.1) is 32.1 Å². The first kappa shape index (κ1) is 99.7. The fraction of sp³-hybridized carbons (Fsp3) is 0.560.